The molecule has 0 aliphatic rings. The number of imidazole rings is 1. The van der Waals surface area contributed by atoms with Crippen molar-refractivity contribution in [3.63, 3.8) is 0 Å². The molecule has 0 aliphatic heterocycles. The van der Waals surface area contributed by atoms with Crippen LogP contribution in [-0.2, 0) is 12.7 Å². The maximum atomic E-state index is 13.6. The fourth-order valence-electron chi connectivity index (χ4n) is 5.70. The zero-order valence-electron chi connectivity index (χ0n) is 25.8. The molecule has 9 heteroatoms. The smallest absolute Gasteiger partial charge is 0.416 e. The number of methoxy groups -OCH3 is 1. The Labute approximate surface area is 245 Å². The molecular weight excluding hydrogens is 541 g/mol. The number of amides is 1. The maximum Gasteiger partial charge on any atom is 0.416 e. The monoisotopic (exact) mass is 581 g/mol. The van der Waals surface area contributed by atoms with Gasteiger partial charge in [0.15, 0.2) is 5.82 Å². The van der Waals surface area contributed by atoms with E-state index in [0.717, 1.165) is 34.6 Å². The Hall–Kier alpha value is -3.85. The number of alkyl halides is 3. The van der Waals surface area contributed by atoms with Crippen LogP contribution in [0.5, 0.6) is 5.75 Å². The van der Waals surface area contributed by atoms with Gasteiger partial charge in [-0.1, -0.05) is 0 Å². The lowest BCUT2D eigenvalue weighted by Gasteiger charge is -2.33. The van der Waals surface area contributed by atoms with Crippen molar-refractivity contribution in [1.82, 2.24) is 18.9 Å². The van der Waals surface area contributed by atoms with Crippen LogP contribution in [0.3, 0.4) is 0 Å². The molecule has 4 aromatic rings. The number of carbonyl (C=O) groups is 1. The molecule has 0 radical (unpaired) electrons. The van der Waals surface area contributed by atoms with Crippen molar-refractivity contribution in [2.24, 2.45) is 0 Å². The quantitative estimate of drug-likeness (QED) is 0.200. The molecule has 0 bridgehead atoms. The predicted molar refractivity (Wildman–Crippen MR) is 162 cm³/mol. The third-order valence-corrected chi connectivity index (χ3v) is 7.70. The molecule has 224 valence electrons. The number of aromatic nitrogens is 2. The van der Waals surface area contributed by atoms with Crippen molar-refractivity contribution in [2.45, 2.75) is 66.3 Å². The van der Waals surface area contributed by atoms with Gasteiger partial charge in [-0.15, -0.1) is 0 Å². The van der Waals surface area contributed by atoms with Gasteiger partial charge in [-0.3, -0.25) is 13.8 Å². The van der Waals surface area contributed by atoms with Crippen LogP contribution >= 0.6 is 0 Å². The maximum absolute atomic E-state index is 13.6. The number of aryl methyl sites for hydroxylation is 2. The molecule has 6 nitrogen and oxygen atoms in total. The van der Waals surface area contributed by atoms with E-state index in [1.165, 1.54) is 6.07 Å². The summed E-state index contributed by atoms with van der Waals surface area (Å²) in [4.78, 5) is 20.2. The van der Waals surface area contributed by atoms with Crippen LogP contribution in [0.15, 0.2) is 54.6 Å². The standard InChI is InChI=1S/C33H40F3N4O2/c1-20(2)38(21(3)4)32(41)31-22(5)16-26(17-23(31)6)40(7,8)19-30-37-28-18-24(33(34,35)36)10-15-29(28)39(30)25-11-13-27(42-9)14-12-25/h10-18,20-21H,19H2,1-9H3/q+1. The van der Waals surface area contributed by atoms with E-state index in [1.807, 2.05) is 102 Å². The lowest BCUT2D eigenvalue weighted by molar-refractivity contribution is -0.137. The lowest BCUT2D eigenvalue weighted by Crippen LogP contribution is -2.43. The summed E-state index contributed by atoms with van der Waals surface area (Å²) in [5, 5.41) is 0. The zero-order chi connectivity index (χ0) is 31.1. The molecule has 3 aromatic carbocycles. The van der Waals surface area contributed by atoms with Crippen LogP contribution in [0.25, 0.3) is 16.7 Å². The minimum Gasteiger partial charge on any atom is -0.497 e. The van der Waals surface area contributed by atoms with Gasteiger partial charge < -0.3 is 9.64 Å². The van der Waals surface area contributed by atoms with Crippen LogP contribution in [0, 0.1) is 13.8 Å². The second-order valence-corrected chi connectivity index (χ2v) is 12.0. The number of carbonyl (C=O) groups excluding carboxylic acids is 1. The molecule has 0 atom stereocenters. The van der Waals surface area contributed by atoms with E-state index in [9.17, 15) is 18.0 Å². The van der Waals surface area contributed by atoms with Gasteiger partial charge in [0.05, 0.1) is 37.8 Å². The largest absolute Gasteiger partial charge is 0.497 e. The van der Waals surface area contributed by atoms with Gasteiger partial charge in [-0.2, -0.15) is 13.2 Å². The fraction of sp³-hybridized carbons (Fsp3) is 0.394. The molecule has 0 N–H and O–H groups in total. The van der Waals surface area contributed by atoms with Crippen LogP contribution in [0.2, 0.25) is 0 Å². The Kier molecular flexibility index (Phi) is 8.47. The Balaban J connectivity index is 1.80. The van der Waals surface area contributed by atoms with Crippen LogP contribution in [0.1, 0.15) is 60.6 Å². The first-order chi connectivity index (χ1) is 19.5. The summed E-state index contributed by atoms with van der Waals surface area (Å²) in [6.45, 7) is 12.4. The van der Waals surface area contributed by atoms with E-state index >= 15 is 0 Å². The molecule has 0 aliphatic carbocycles. The number of ether oxygens (including phenoxy) is 1. The molecule has 1 aromatic heterocycles. The van der Waals surface area contributed by atoms with Crippen molar-refractivity contribution < 1.29 is 22.7 Å². The molecule has 1 heterocycles. The summed E-state index contributed by atoms with van der Waals surface area (Å²) < 4.78 is 48.2. The van der Waals surface area contributed by atoms with E-state index in [0.29, 0.717) is 33.7 Å². The number of rotatable bonds is 8. The molecule has 0 saturated carbocycles. The van der Waals surface area contributed by atoms with Gasteiger partial charge in [0.2, 0.25) is 0 Å². The van der Waals surface area contributed by atoms with Gasteiger partial charge in [0, 0.05) is 35.5 Å². The number of fused-ring (bicyclic) bond motifs is 1. The van der Waals surface area contributed by atoms with Crippen LogP contribution in [0.4, 0.5) is 18.9 Å². The van der Waals surface area contributed by atoms with E-state index in [-0.39, 0.29) is 23.5 Å². The second kappa shape index (κ2) is 11.4. The SMILES string of the molecule is COc1ccc(-n2c(C[N+](C)(C)c3cc(C)c(C(=O)N(C(C)C)C(C)C)c(C)c3)nc3cc(C(F)(F)F)ccc32)cc1. The van der Waals surface area contributed by atoms with Crippen molar-refractivity contribution in [3.8, 4) is 11.4 Å². The van der Waals surface area contributed by atoms with Crippen molar-refractivity contribution >= 4 is 22.6 Å². The van der Waals surface area contributed by atoms with Crippen molar-refractivity contribution in [1.29, 1.82) is 0 Å². The topological polar surface area (TPSA) is 47.4 Å². The highest BCUT2D eigenvalue weighted by atomic mass is 19.4. The van der Waals surface area contributed by atoms with E-state index < -0.39 is 11.7 Å². The minimum atomic E-state index is -4.47. The molecule has 0 unspecified atom stereocenters. The summed E-state index contributed by atoms with van der Waals surface area (Å²) in [6.07, 6.45) is -4.47. The lowest BCUT2D eigenvalue weighted by atomic mass is 9.98. The molecule has 4 rings (SSSR count). The van der Waals surface area contributed by atoms with E-state index in [2.05, 4.69) is 0 Å². The van der Waals surface area contributed by atoms with E-state index in [4.69, 9.17) is 9.72 Å². The minimum absolute atomic E-state index is 0.00798. The van der Waals surface area contributed by atoms with Gasteiger partial charge in [-0.05, 0) is 95.1 Å². The third-order valence-electron chi connectivity index (χ3n) is 7.70. The highest BCUT2D eigenvalue weighted by molar-refractivity contribution is 5.98. The predicted octanol–water partition coefficient (Wildman–Crippen LogP) is 7.70. The summed E-state index contributed by atoms with van der Waals surface area (Å²) in [5.41, 5.74) is 4.31. The summed E-state index contributed by atoms with van der Waals surface area (Å²) in [5.74, 6) is 1.30. The van der Waals surface area contributed by atoms with E-state index in [1.54, 1.807) is 7.11 Å². The average Bonchev–Trinajstić information content (AvgIpc) is 3.23. The van der Waals surface area contributed by atoms with Crippen LogP contribution in [-0.4, -0.2) is 53.6 Å². The Morgan fingerprint density at radius 1 is 0.952 bits per heavy atom. The number of hydrogen-bond acceptors (Lipinski definition) is 3. The normalized spacial score (nSPS) is 12.4. The summed E-state index contributed by atoms with van der Waals surface area (Å²) in [7, 11) is 5.64. The first-order valence-electron chi connectivity index (χ1n) is 14.1. The Morgan fingerprint density at radius 2 is 1.52 bits per heavy atom. The van der Waals surface area contributed by atoms with Gasteiger partial charge in [0.25, 0.3) is 5.91 Å². The number of benzene rings is 3. The highest BCUT2D eigenvalue weighted by Gasteiger charge is 2.33. The molecule has 0 spiro atoms. The molecule has 0 fully saturated rings. The first kappa shape index (κ1) is 31.1. The zero-order valence-corrected chi connectivity index (χ0v) is 25.8. The second-order valence-electron chi connectivity index (χ2n) is 12.0. The number of quaternary nitrogens is 1. The first-order valence-corrected chi connectivity index (χ1v) is 14.1. The van der Waals surface area contributed by atoms with Gasteiger partial charge in [-0.25, -0.2) is 4.98 Å². The molecule has 1 amide bonds. The number of nitrogens with zero attached hydrogens (tertiary/aromatic N) is 4. The third kappa shape index (κ3) is 6.02. The van der Waals surface area contributed by atoms with Gasteiger partial charge >= 0.3 is 6.18 Å². The summed E-state index contributed by atoms with van der Waals surface area (Å²) in [6, 6.07) is 15.2. The number of hydrogen-bond donors (Lipinski definition) is 0. The number of halogens is 3. The van der Waals surface area contributed by atoms with Gasteiger partial charge in [0.1, 0.15) is 18.0 Å². The molecule has 0 saturated heterocycles. The average molecular weight is 582 g/mol. The Bertz CT molecular complexity index is 1570. The molecular formula is C33H40F3N4O2+. The highest BCUT2D eigenvalue weighted by Crippen LogP contribution is 2.34. The fourth-order valence-corrected chi connectivity index (χ4v) is 5.70. The summed E-state index contributed by atoms with van der Waals surface area (Å²) >= 11 is 0. The van der Waals surface area contributed by atoms with Crippen molar-refractivity contribution in [3.05, 3.63) is 82.7 Å². The van der Waals surface area contributed by atoms with Crippen molar-refractivity contribution in [2.75, 3.05) is 21.2 Å². The van der Waals surface area contributed by atoms with Crippen LogP contribution < -0.4 is 9.22 Å². The Morgan fingerprint density at radius 3 is 2.02 bits per heavy atom. The molecule has 42 heavy (non-hydrogen) atoms.